The predicted molar refractivity (Wildman–Crippen MR) is 210 cm³/mol. The second-order valence-corrected chi connectivity index (χ2v) is 16.4. The maximum Gasteiger partial charge on any atom is 0.422 e. The number of alkyl halides is 6. The first-order valence-electron chi connectivity index (χ1n) is 19.4. The summed E-state index contributed by atoms with van der Waals surface area (Å²) in [6.45, 7) is 2.01. The number of primary amides is 1. The quantitative estimate of drug-likeness (QED) is 0.0784. The molecule has 59 heavy (non-hydrogen) atoms. The molecule has 2 aromatic carbocycles. The molecule has 0 bridgehead atoms. The van der Waals surface area contributed by atoms with Crippen molar-refractivity contribution in [3.05, 3.63) is 52.4 Å². The third-order valence-electron chi connectivity index (χ3n) is 11.1. The van der Waals surface area contributed by atoms with Crippen LogP contribution < -0.4 is 26.4 Å². The normalized spacial score (nSPS) is 19.8. The average molecular weight is 852 g/mol. The molecule has 3 aromatic rings. The molecule has 11 nitrogen and oxygen atoms in total. The summed E-state index contributed by atoms with van der Waals surface area (Å²) in [5, 5.41) is 9.27. The number of rotatable bonds is 14. The summed E-state index contributed by atoms with van der Waals surface area (Å²) in [7, 11) is 1.08. The minimum absolute atomic E-state index is 0.0172. The number of carbonyl (C=O) groups is 3. The lowest BCUT2D eigenvalue weighted by molar-refractivity contribution is -0.153. The number of thiophene rings is 1. The van der Waals surface area contributed by atoms with Gasteiger partial charge in [-0.15, -0.1) is 11.3 Å². The van der Waals surface area contributed by atoms with E-state index in [0.29, 0.717) is 21.5 Å². The molecule has 5 N–H and O–H groups in total. The molecule has 0 radical (unpaired) electrons. The van der Waals surface area contributed by atoms with Crippen LogP contribution in [-0.4, -0.2) is 99.7 Å². The van der Waals surface area contributed by atoms with Crippen molar-refractivity contribution in [3.63, 3.8) is 0 Å². The molecular weight excluding hydrogens is 805 g/mol. The molecule has 1 aromatic heterocycles. The van der Waals surface area contributed by atoms with Crippen molar-refractivity contribution in [3.8, 4) is 17.6 Å². The highest BCUT2D eigenvalue weighted by Gasteiger charge is 2.42. The molecule has 3 aliphatic rings. The number of ether oxygens (including phenoxy) is 3. The summed E-state index contributed by atoms with van der Waals surface area (Å²) in [4.78, 5) is 39.2. The van der Waals surface area contributed by atoms with Gasteiger partial charge in [0.2, 0.25) is 5.91 Å². The van der Waals surface area contributed by atoms with E-state index < -0.39 is 49.2 Å². The molecule has 3 heterocycles. The van der Waals surface area contributed by atoms with E-state index in [0.717, 1.165) is 82.2 Å². The zero-order chi connectivity index (χ0) is 42.4. The summed E-state index contributed by atoms with van der Waals surface area (Å²) in [5.41, 5.74) is 6.16. The first-order valence-corrected chi connectivity index (χ1v) is 20.3. The van der Waals surface area contributed by atoms with Crippen LogP contribution in [0.5, 0.6) is 5.75 Å². The van der Waals surface area contributed by atoms with Gasteiger partial charge in [-0.25, -0.2) is 4.79 Å². The van der Waals surface area contributed by atoms with Crippen LogP contribution in [0.15, 0.2) is 36.4 Å². The van der Waals surface area contributed by atoms with E-state index in [4.69, 9.17) is 15.2 Å². The lowest BCUT2D eigenvalue weighted by Gasteiger charge is -2.49. The average Bonchev–Trinajstić information content (AvgIpc) is 3.52. The highest BCUT2D eigenvalue weighted by Crippen LogP contribution is 2.42. The van der Waals surface area contributed by atoms with Gasteiger partial charge in [0.1, 0.15) is 11.8 Å². The number of carbonyl (C=O) groups excluding carboxylic acids is 3. The molecule has 2 saturated heterocycles. The minimum atomic E-state index is -4.73. The van der Waals surface area contributed by atoms with Crippen LogP contribution in [0.4, 0.5) is 37.7 Å². The topological polar surface area (TPSA) is 144 Å². The van der Waals surface area contributed by atoms with E-state index in [1.54, 1.807) is 12.1 Å². The van der Waals surface area contributed by atoms with Crippen LogP contribution in [0.3, 0.4) is 0 Å². The molecule has 1 atom stereocenters. The van der Waals surface area contributed by atoms with Gasteiger partial charge in [-0.1, -0.05) is 24.0 Å². The molecule has 3 fully saturated rings. The first-order chi connectivity index (χ1) is 28.0. The number of nitrogens with two attached hydrogens (primary N) is 1. The number of piperidine rings is 1. The summed E-state index contributed by atoms with van der Waals surface area (Å²) >= 11 is 1.15. The van der Waals surface area contributed by atoms with Crippen molar-refractivity contribution < 1.29 is 54.9 Å². The fraction of sp³-hybridized carbons (Fsp3) is 0.537. The van der Waals surface area contributed by atoms with E-state index >= 15 is 0 Å². The summed E-state index contributed by atoms with van der Waals surface area (Å²) in [6, 6.07) is 8.24. The maximum absolute atomic E-state index is 13.9. The largest absolute Gasteiger partial charge is 0.482 e. The number of benzene rings is 2. The van der Waals surface area contributed by atoms with Crippen molar-refractivity contribution in [1.29, 1.82) is 0 Å². The molecule has 320 valence electrons. The number of amides is 2. The smallest absolute Gasteiger partial charge is 0.422 e. The summed E-state index contributed by atoms with van der Waals surface area (Å²) in [6.07, 6.45) is -4.57. The van der Waals surface area contributed by atoms with Crippen LogP contribution in [-0.2, 0) is 25.5 Å². The maximum atomic E-state index is 13.9. The van der Waals surface area contributed by atoms with Crippen molar-refractivity contribution in [1.82, 2.24) is 10.2 Å². The highest BCUT2D eigenvalue weighted by atomic mass is 32.1. The van der Waals surface area contributed by atoms with Crippen LogP contribution in [0.25, 0.3) is 10.1 Å². The second kappa shape index (κ2) is 18.7. The molecular formula is C41H47F6N5O6S. The van der Waals surface area contributed by atoms with Crippen molar-refractivity contribution >= 4 is 50.6 Å². The van der Waals surface area contributed by atoms with Crippen molar-refractivity contribution in [2.75, 3.05) is 57.2 Å². The molecule has 1 unspecified atom stereocenters. The van der Waals surface area contributed by atoms with Crippen LogP contribution in [0, 0.1) is 17.3 Å². The Balaban J connectivity index is 1.15. The Morgan fingerprint density at radius 2 is 1.75 bits per heavy atom. The SMILES string of the molecule is COC(=O)C(CCC(N)=O)NC(=O)c1ccc(NCC#Cc2sc3c(NC4CCC(N5CCC6(CC5)COC6)CC4)cccc3c2CC(F)(F)F)c(OCC(F)(F)F)c1. The Hall–Kier alpha value is -4.73. The molecule has 1 saturated carbocycles. The molecule has 1 spiro atoms. The Kier molecular flexibility index (Phi) is 13.9. The molecule has 2 aliphatic heterocycles. The molecule has 1 aliphatic carbocycles. The van der Waals surface area contributed by atoms with Crippen LogP contribution in [0.1, 0.15) is 72.2 Å². The number of nitrogens with zero attached hydrogens (tertiary/aromatic N) is 1. The summed E-state index contributed by atoms with van der Waals surface area (Å²) < 4.78 is 97.0. The third-order valence-corrected chi connectivity index (χ3v) is 12.3. The Morgan fingerprint density at radius 3 is 2.37 bits per heavy atom. The van der Waals surface area contributed by atoms with Gasteiger partial charge in [-0.05, 0) is 93.3 Å². The van der Waals surface area contributed by atoms with Gasteiger partial charge in [0, 0.05) is 29.5 Å². The Morgan fingerprint density at radius 1 is 1.02 bits per heavy atom. The number of likely N-dealkylation sites (tertiary alicyclic amines) is 1. The highest BCUT2D eigenvalue weighted by molar-refractivity contribution is 7.20. The number of anilines is 2. The Labute approximate surface area is 341 Å². The van der Waals surface area contributed by atoms with E-state index in [1.165, 1.54) is 25.0 Å². The zero-order valence-electron chi connectivity index (χ0n) is 32.5. The first kappa shape index (κ1) is 43.8. The number of methoxy groups -OCH3 is 1. The van der Waals surface area contributed by atoms with Gasteiger partial charge in [-0.2, -0.15) is 26.3 Å². The monoisotopic (exact) mass is 851 g/mol. The van der Waals surface area contributed by atoms with Gasteiger partial charge < -0.3 is 40.8 Å². The van der Waals surface area contributed by atoms with E-state index in [-0.39, 0.29) is 52.9 Å². The fourth-order valence-corrected chi connectivity index (χ4v) is 9.05. The van der Waals surface area contributed by atoms with Crippen LogP contribution in [0.2, 0.25) is 0 Å². The molecule has 18 heteroatoms. The number of nitrogens with one attached hydrogen (secondary N) is 3. The number of esters is 1. The zero-order valence-corrected chi connectivity index (χ0v) is 33.3. The fourth-order valence-electron chi connectivity index (χ4n) is 7.88. The van der Waals surface area contributed by atoms with E-state index in [9.17, 15) is 40.7 Å². The van der Waals surface area contributed by atoms with E-state index in [2.05, 4.69) is 37.4 Å². The Bertz CT molecular complexity index is 2040. The van der Waals surface area contributed by atoms with Crippen molar-refractivity contribution in [2.24, 2.45) is 11.1 Å². The van der Waals surface area contributed by atoms with Gasteiger partial charge in [0.05, 0.1) is 54.2 Å². The van der Waals surface area contributed by atoms with Gasteiger partial charge >= 0.3 is 18.3 Å². The van der Waals surface area contributed by atoms with Crippen molar-refractivity contribution in [2.45, 2.75) is 88.3 Å². The molecule has 6 rings (SSSR count). The van der Waals surface area contributed by atoms with Gasteiger partial charge in [0.15, 0.2) is 6.61 Å². The predicted octanol–water partition coefficient (Wildman–Crippen LogP) is 6.78. The number of hydrogen-bond acceptors (Lipinski definition) is 10. The number of halogens is 6. The van der Waals surface area contributed by atoms with E-state index in [1.807, 2.05) is 6.07 Å². The lowest BCUT2D eigenvalue weighted by Crippen LogP contribution is -2.53. The van der Waals surface area contributed by atoms with Gasteiger partial charge in [0.25, 0.3) is 5.91 Å². The standard InChI is InChI=1S/C41H47F6N5O6S/c1-56-38(55)32(13-14-35(48)53)51-37(54)25-7-12-30(33(20-25)58-24-41(45,46)47)49-17-3-6-34-29(21-40(42,43)44)28-4-2-5-31(36(28)59-34)50-26-8-10-27(11-9-26)52-18-15-39(16-19-52)22-57-23-39/h2,4-5,7,12,20,26-27,32,49-50H,8-11,13-19,21-24H2,1H3,(H2,48,53)(H,51,54). The number of fused-ring (bicyclic) bond motifs is 1. The van der Waals surface area contributed by atoms with Gasteiger partial charge in [-0.3, -0.25) is 9.59 Å². The number of hydrogen-bond donors (Lipinski definition) is 4. The third kappa shape index (κ3) is 11.7. The lowest BCUT2D eigenvalue weighted by atomic mass is 9.76. The minimum Gasteiger partial charge on any atom is -0.482 e. The van der Waals surface area contributed by atoms with Crippen LogP contribution >= 0.6 is 11.3 Å². The second-order valence-electron chi connectivity index (χ2n) is 15.4. The molecule has 2 amide bonds. The summed E-state index contributed by atoms with van der Waals surface area (Å²) in [5.74, 6) is 2.81.